The number of halogens is 1. The molecule has 4 N–H and O–H groups in total. The third-order valence-corrected chi connectivity index (χ3v) is 4.81. The summed E-state index contributed by atoms with van der Waals surface area (Å²) in [7, 11) is 1.83. The van der Waals surface area contributed by atoms with Crippen molar-refractivity contribution in [3.05, 3.63) is 58.5 Å². The Morgan fingerprint density at radius 1 is 1.35 bits per heavy atom. The van der Waals surface area contributed by atoms with E-state index in [0.29, 0.717) is 34.2 Å². The summed E-state index contributed by atoms with van der Waals surface area (Å²) in [4.78, 5) is 28.3. The molecule has 8 heteroatoms. The van der Waals surface area contributed by atoms with Crippen LogP contribution < -0.4 is 16.4 Å². The van der Waals surface area contributed by atoms with Gasteiger partial charge in [0.15, 0.2) is 0 Å². The number of anilines is 1. The highest BCUT2D eigenvalue weighted by Gasteiger charge is 2.27. The summed E-state index contributed by atoms with van der Waals surface area (Å²) in [5.41, 5.74) is 8.41. The Kier molecular flexibility index (Phi) is 3.81. The molecule has 1 aliphatic rings. The largest absolute Gasteiger partial charge is 0.381 e. The molecule has 0 spiro atoms. The first-order chi connectivity index (χ1) is 12.4. The summed E-state index contributed by atoms with van der Waals surface area (Å²) < 4.78 is 1.81. The fraction of sp³-hybridized carbons (Fsp3) is 0.167. The van der Waals surface area contributed by atoms with Crippen LogP contribution in [0.15, 0.2) is 36.5 Å². The second kappa shape index (κ2) is 6.03. The summed E-state index contributed by atoms with van der Waals surface area (Å²) in [6.07, 6.45) is 1.42. The maximum absolute atomic E-state index is 12.8. The Bertz CT molecular complexity index is 1060. The smallest absolute Gasteiger partial charge is 0.268 e. The van der Waals surface area contributed by atoms with Gasteiger partial charge in [0, 0.05) is 35.7 Å². The maximum Gasteiger partial charge on any atom is 0.268 e. The molecule has 26 heavy (non-hydrogen) atoms. The quantitative estimate of drug-likeness (QED) is 0.658. The normalized spacial score (nSPS) is 15.5. The second-order valence-corrected chi connectivity index (χ2v) is 6.66. The highest BCUT2D eigenvalue weighted by atomic mass is 35.5. The lowest BCUT2D eigenvalue weighted by Gasteiger charge is -2.13. The molecular weight excluding hydrogens is 354 g/mol. The Morgan fingerprint density at radius 2 is 2.15 bits per heavy atom. The van der Waals surface area contributed by atoms with Gasteiger partial charge in [0.05, 0.1) is 23.0 Å². The molecule has 7 nitrogen and oxygen atoms in total. The fourth-order valence-electron chi connectivity index (χ4n) is 3.21. The van der Waals surface area contributed by atoms with E-state index in [2.05, 4.69) is 15.6 Å². The van der Waals surface area contributed by atoms with Gasteiger partial charge in [-0.2, -0.15) is 0 Å². The van der Waals surface area contributed by atoms with Crippen molar-refractivity contribution in [3.63, 3.8) is 0 Å². The number of amides is 2. The van der Waals surface area contributed by atoms with Crippen LogP contribution in [-0.2, 0) is 7.05 Å². The summed E-state index contributed by atoms with van der Waals surface area (Å²) in [5.74, 6) is -0.746. The van der Waals surface area contributed by atoms with Gasteiger partial charge < -0.3 is 20.9 Å². The van der Waals surface area contributed by atoms with Crippen LogP contribution in [0.2, 0.25) is 5.02 Å². The molecule has 0 bridgehead atoms. The lowest BCUT2D eigenvalue weighted by Crippen LogP contribution is -2.31. The van der Waals surface area contributed by atoms with E-state index in [1.54, 1.807) is 12.1 Å². The van der Waals surface area contributed by atoms with Crippen molar-refractivity contribution in [1.29, 1.82) is 0 Å². The van der Waals surface area contributed by atoms with E-state index in [1.165, 1.54) is 6.20 Å². The number of carbonyl (C=O) groups is 2. The van der Waals surface area contributed by atoms with Gasteiger partial charge in [0.2, 0.25) is 5.91 Å². The minimum Gasteiger partial charge on any atom is -0.381 e. The Labute approximate surface area is 154 Å². The van der Waals surface area contributed by atoms with Crippen LogP contribution in [-0.4, -0.2) is 27.9 Å². The monoisotopic (exact) mass is 369 g/mol. The summed E-state index contributed by atoms with van der Waals surface area (Å²) in [6, 6.07) is 8.69. The predicted octanol–water partition coefficient (Wildman–Crippen LogP) is 2.22. The van der Waals surface area contributed by atoms with Crippen LogP contribution in [0.5, 0.6) is 0 Å². The maximum atomic E-state index is 12.8. The number of nitrogens with two attached hydrogens (primary N) is 1. The van der Waals surface area contributed by atoms with Crippen molar-refractivity contribution in [2.45, 2.75) is 6.04 Å². The number of benzene rings is 1. The van der Waals surface area contributed by atoms with E-state index in [4.69, 9.17) is 17.3 Å². The topological polar surface area (TPSA) is 102 Å². The molecule has 1 unspecified atom stereocenters. The third-order valence-electron chi connectivity index (χ3n) is 4.58. The molecule has 3 aromatic rings. The van der Waals surface area contributed by atoms with Crippen molar-refractivity contribution in [3.8, 4) is 0 Å². The molecule has 1 atom stereocenters. The van der Waals surface area contributed by atoms with Crippen LogP contribution in [0.3, 0.4) is 0 Å². The van der Waals surface area contributed by atoms with Gasteiger partial charge in [-0.25, -0.2) is 0 Å². The van der Waals surface area contributed by atoms with Gasteiger partial charge in [0.1, 0.15) is 5.69 Å². The van der Waals surface area contributed by atoms with Gasteiger partial charge in [-0.3, -0.25) is 14.6 Å². The van der Waals surface area contributed by atoms with Gasteiger partial charge >= 0.3 is 0 Å². The number of pyridine rings is 1. The lowest BCUT2D eigenvalue weighted by atomic mass is 10.1. The average molecular weight is 370 g/mol. The Balaban J connectivity index is 1.61. The first-order valence-corrected chi connectivity index (χ1v) is 8.41. The van der Waals surface area contributed by atoms with Crippen molar-refractivity contribution >= 4 is 40.0 Å². The summed E-state index contributed by atoms with van der Waals surface area (Å²) in [6.45, 7) is 0.492. The van der Waals surface area contributed by atoms with Crippen molar-refractivity contribution in [2.75, 3.05) is 11.9 Å². The Morgan fingerprint density at radius 3 is 2.92 bits per heavy atom. The van der Waals surface area contributed by atoms with Crippen molar-refractivity contribution in [1.82, 2.24) is 14.9 Å². The minimum atomic E-state index is -0.538. The predicted molar refractivity (Wildman–Crippen MR) is 99.4 cm³/mol. The number of fused-ring (bicyclic) bond motifs is 2. The number of rotatable bonds is 3. The van der Waals surface area contributed by atoms with Crippen molar-refractivity contribution < 1.29 is 9.59 Å². The standard InChI is InChI=1S/C18H16ClN5O2/c1-24-14-6-11(19)3-2-9(14)5-15(24)18(26)23-13-8-21-12-4-10(17(20)25)7-22-16(12)13/h2-7,13,21H,8H2,1H3,(H2,20,25)(H,23,26). The number of aromatic nitrogens is 2. The first kappa shape index (κ1) is 16.4. The van der Waals surface area contributed by atoms with E-state index >= 15 is 0 Å². The van der Waals surface area contributed by atoms with E-state index in [1.807, 2.05) is 29.8 Å². The lowest BCUT2D eigenvalue weighted by molar-refractivity contribution is 0.0930. The van der Waals surface area contributed by atoms with E-state index < -0.39 is 5.91 Å². The van der Waals surface area contributed by atoms with Crippen LogP contribution in [0, 0.1) is 0 Å². The van der Waals surface area contributed by atoms with Gasteiger partial charge in [-0.05, 0) is 24.3 Å². The number of nitrogens with zero attached hydrogens (tertiary/aromatic N) is 2. The highest BCUT2D eigenvalue weighted by Crippen LogP contribution is 2.29. The molecule has 1 aromatic carbocycles. The van der Waals surface area contributed by atoms with Gasteiger partial charge in [0.25, 0.3) is 5.91 Å². The number of hydrogen-bond acceptors (Lipinski definition) is 4. The number of carbonyl (C=O) groups excluding carboxylic acids is 2. The van der Waals surface area contributed by atoms with Gasteiger partial charge in [-0.1, -0.05) is 17.7 Å². The molecule has 2 amide bonds. The highest BCUT2D eigenvalue weighted by molar-refractivity contribution is 6.31. The van der Waals surface area contributed by atoms with Crippen molar-refractivity contribution in [2.24, 2.45) is 12.8 Å². The molecule has 0 saturated heterocycles. The zero-order valence-electron chi connectivity index (χ0n) is 13.9. The van der Waals surface area contributed by atoms with Gasteiger partial charge in [-0.15, -0.1) is 0 Å². The summed E-state index contributed by atoms with van der Waals surface area (Å²) in [5, 5.41) is 7.68. The molecule has 1 aliphatic heterocycles. The number of aryl methyl sites for hydroxylation is 1. The Hall–Kier alpha value is -3.06. The third kappa shape index (κ3) is 2.66. The van der Waals surface area contributed by atoms with Crippen LogP contribution in [0.4, 0.5) is 5.69 Å². The number of primary amides is 1. The molecule has 132 valence electrons. The molecule has 3 heterocycles. The zero-order valence-corrected chi connectivity index (χ0v) is 14.7. The number of hydrogen-bond donors (Lipinski definition) is 3. The first-order valence-electron chi connectivity index (χ1n) is 8.03. The van der Waals surface area contributed by atoms with E-state index in [9.17, 15) is 9.59 Å². The molecule has 0 saturated carbocycles. The minimum absolute atomic E-state index is 0.208. The van der Waals surface area contributed by atoms with Crippen LogP contribution in [0.1, 0.15) is 32.6 Å². The average Bonchev–Trinajstić information content (AvgIpc) is 3.16. The summed E-state index contributed by atoms with van der Waals surface area (Å²) >= 11 is 6.04. The molecule has 0 aliphatic carbocycles. The fourth-order valence-corrected chi connectivity index (χ4v) is 3.38. The zero-order chi connectivity index (χ0) is 18.4. The number of nitrogens with one attached hydrogen (secondary N) is 2. The van der Waals surface area contributed by atoms with Crippen LogP contribution >= 0.6 is 11.6 Å². The molecule has 0 fully saturated rings. The SMILES string of the molecule is Cn1c(C(=O)NC2CNc3cc(C(N)=O)cnc32)cc2ccc(Cl)cc21. The second-order valence-electron chi connectivity index (χ2n) is 6.22. The molecule has 4 rings (SSSR count). The molecule has 0 radical (unpaired) electrons. The van der Waals surface area contributed by atoms with E-state index in [0.717, 1.165) is 10.9 Å². The molecular formula is C18H16ClN5O2. The van der Waals surface area contributed by atoms with E-state index in [-0.39, 0.29) is 11.9 Å². The van der Waals surface area contributed by atoms with Crippen LogP contribution in [0.25, 0.3) is 10.9 Å². The molecule has 2 aromatic heterocycles.